The topological polar surface area (TPSA) is 93.8 Å². The average Bonchev–Trinajstić information content (AvgIpc) is 2.37. The lowest BCUT2D eigenvalue weighted by Crippen LogP contribution is -2.27. The van der Waals surface area contributed by atoms with Crippen molar-refractivity contribution in [1.29, 1.82) is 0 Å². The molecule has 0 unspecified atom stereocenters. The van der Waals surface area contributed by atoms with Crippen LogP contribution in [0.15, 0.2) is 42.4 Å². The van der Waals surface area contributed by atoms with E-state index >= 15 is 0 Å². The second-order valence-electron chi connectivity index (χ2n) is 4.14. The fourth-order valence-corrected chi connectivity index (χ4v) is 1.77. The summed E-state index contributed by atoms with van der Waals surface area (Å²) in [7, 11) is 1.41. The molecule has 104 valence electrons. The van der Waals surface area contributed by atoms with Crippen molar-refractivity contribution in [3.63, 3.8) is 0 Å². The van der Waals surface area contributed by atoms with Gasteiger partial charge in [-0.1, -0.05) is 6.58 Å². The summed E-state index contributed by atoms with van der Waals surface area (Å²) in [6, 6.07) is 2.99. The number of carbonyl (C=O) groups excluding carboxylic acids is 1. The molecular formula is C14H14N2O4. The Bertz CT molecular complexity index is 625. The molecule has 0 aromatic heterocycles. The van der Waals surface area contributed by atoms with Crippen molar-refractivity contribution >= 4 is 17.7 Å². The Kier molecular flexibility index (Phi) is 3.39. The molecule has 2 rings (SSSR count). The summed E-state index contributed by atoms with van der Waals surface area (Å²) in [5, 5.41) is 12.7. The molecule has 6 heteroatoms. The molecule has 0 saturated carbocycles. The Morgan fingerprint density at radius 3 is 2.75 bits per heavy atom. The number of methoxy groups -OCH3 is 1. The van der Waals surface area contributed by atoms with Crippen LogP contribution in [0.5, 0.6) is 11.5 Å². The van der Waals surface area contributed by atoms with E-state index in [0.717, 1.165) is 0 Å². The standard InChI is InChI=1S/C14H14N2O4/c1-7-11(14(18)20-8(2)16-7)5-9-4-10(15)6-12(19-3)13(9)17/h4-6,16-17H,1-2,15H2,3H3/b11-5-. The first-order chi connectivity index (χ1) is 9.42. The number of nitrogens with two attached hydrogens (primary N) is 1. The summed E-state index contributed by atoms with van der Waals surface area (Å²) >= 11 is 0. The number of carbonyl (C=O) groups is 1. The number of hydrogen-bond acceptors (Lipinski definition) is 6. The van der Waals surface area contributed by atoms with Gasteiger partial charge in [-0.05, 0) is 18.7 Å². The highest BCUT2D eigenvalue weighted by Crippen LogP contribution is 2.34. The Morgan fingerprint density at radius 2 is 2.15 bits per heavy atom. The summed E-state index contributed by atoms with van der Waals surface area (Å²) in [5.74, 6) is -0.422. The van der Waals surface area contributed by atoms with E-state index in [1.165, 1.54) is 25.3 Å². The number of phenols is 1. The van der Waals surface area contributed by atoms with E-state index in [1.54, 1.807) is 0 Å². The van der Waals surface area contributed by atoms with E-state index in [-0.39, 0.29) is 23.0 Å². The molecule has 1 heterocycles. The fraction of sp³-hybridized carbons (Fsp3) is 0.0714. The van der Waals surface area contributed by atoms with Gasteiger partial charge in [0.05, 0.1) is 12.7 Å². The summed E-state index contributed by atoms with van der Waals surface area (Å²) in [4.78, 5) is 11.8. The molecule has 4 N–H and O–H groups in total. The number of aromatic hydroxyl groups is 1. The monoisotopic (exact) mass is 274 g/mol. The number of nitrogens with one attached hydrogen (secondary N) is 1. The number of cyclic esters (lactones) is 1. The molecule has 0 aliphatic carbocycles. The van der Waals surface area contributed by atoms with Gasteiger partial charge in [-0.15, -0.1) is 0 Å². The van der Waals surface area contributed by atoms with E-state index in [9.17, 15) is 9.90 Å². The summed E-state index contributed by atoms with van der Waals surface area (Å²) < 4.78 is 9.85. The lowest BCUT2D eigenvalue weighted by atomic mass is 10.1. The number of phenolic OH excluding ortho intramolecular Hbond substituents is 1. The van der Waals surface area contributed by atoms with Crippen LogP contribution < -0.4 is 15.8 Å². The van der Waals surface area contributed by atoms with Gasteiger partial charge in [-0.3, -0.25) is 0 Å². The Balaban J connectivity index is 2.50. The normalized spacial score (nSPS) is 16.9. The molecule has 1 fully saturated rings. The molecule has 1 aromatic carbocycles. The summed E-state index contributed by atoms with van der Waals surface area (Å²) in [5.41, 5.74) is 6.92. The number of nitrogen functional groups attached to an aromatic ring is 1. The number of hydrogen-bond donors (Lipinski definition) is 3. The smallest absolute Gasteiger partial charge is 0.346 e. The third-order valence-electron chi connectivity index (χ3n) is 2.70. The third-order valence-corrected chi connectivity index (χ3v) is 2.70. The van der Waals surface area contributed by atoms with Gasteiger partial charge in [-0.25, -0.2) is 4.79 Å². The molecule has 0 atom stereocenters. The van der Waals surface area contributed by atoms with Crippen molar-refractivity contribution in [2.24, 2.45) is 0 Å². The first kappa shape index (κ1) is 13.5. The predicted molar refractivity (Wildman–Crippen MR) is 74.6 cm³/mol. The van der Waals surface area contributed by atoms with Crippen LogP contribution in [0.4, 0.5) is 5.69 Å². The minimum atomic E-state index is -0.612. The van der Waals surface area contributed by atoms with E-state index in [1.807, 2.05) is 0 Å². The van der Waals surface area contributed by atoms with Gasteiger partial charge in [0.15, 0.2) is 17.4 Å². The number of rotatable bonds is 2. The zero-order valence-electron chi connectivity index (χ0n) is 10.9. The van der Waals surface area contributed by atoms with E-state index < -0.39 is 5.97 Å². The fourth-order valence-electron chi connectivity index (χ4n) is 1.77. The molecular weight excluding hydrogens is 260 g/mol. The maximum Gasteiger partial charge on any atom is 0.346 e. The Labute approximate surface area is 115 Å². The lowest BCUT2D eigenvalue weighted by molar-refractivity contribution is -0.136. The molecule has 0 radical (unpaired) electrons. The van der Waals surface area contributed by atoms with Gasteiger partial charge in [0, 0.05) is 23.0 Å². The summed E-state index contributed by atoms with van der Waals surface area (Å²) in [6.07, 6.45) is 1.42. The summed E-state index contributed by atoms with van der Waals surface area (Å²) in [6.45, 7) is 7.19. The number of anilines is 1. The van der Waals surface area contributed by atoms with Crippen LogP contribution in [0.3, 0.4) is 0 Å². The molecule has 1 aliphatic rings. The van der Waals surface area contributed by atoms with Crippen molar-refractivity contribution in [2.75, 3.05) is 12.8 Å². The van der Waals surface area contributed by atoms with Gasteiger partial charge < -0.3 is 25.6 Å². The van der Waals surface area contributed by atoms with Crippen LogP contribution in [0.25, 0.3) is 6.08 Å². The third kappa shape index (κ3) is 2.44. The van der Waals surface area contributed by atoms with Crippen LogP contribution in [-0.4, -0.2) is 18.2 Å². The SMILES string of the molecule is C=C1NC(=C)/C(=C/c2cc(N)cc(OC)c2O)C(=O)O1. The molecule has 1 aliphatic heterocycles. The number of ether oxygens (including phenoxy) is 2. The second-order valence-corrected chi connectivity index (χ2v) is 4.14. The van der Waals surface area contributed by atoms with Gasteiger partial charge in [0.1, 0.15) is 0 Å². The highest BCUT2D eigenvalue weighted by atomic mass is 16.6. The first-order valence-electron chi connectivity index (χ1n) is 5.68. The predicted octanol–water partition coefficient (Wildman–Crippen LogP) is 1.50. The molecule has 0 amide bonds. The van der Waals surface area contributed by atoms with Crippen molar-refractivity contribution in [2.45, 2.75) is 0 Å². The van der Waals surface area contributed by atoms with Gasteiger partial charge >= 0.3 is 5.97 Å². The lowest BCUT2D eigenvalue weighted by Gasteiger charge is -2.20. The van der Waals surface area contributed by atoms with Gasteiger partial charge in [0.25, 0.3) is 0 Å². The molecule has 6 nitrogen and oxygen atoms in total. The quantitative estimate of drug-likeness (QED) is 0.327. The zero-order chi connectivity index (χ0) is 14.9. The van der Waals surface area contributed by atoms with Crippen molar-refractivity contribution < 1.29 is 19.4 Å². The highest BCUT2D eigenvalue weighted by molar-refractivity contribution is 6.00. The molecule has 1 aromatic rings. The highest BCUT2D eigenvalue weighted by Gasteiger charge is 2.23. The Hall–Kier alpha value is -2.89. The van der Waals surface area contributed by atoms with Crippen molar-refractivity contribution in [3.05, 3.63) is 48.0 Å². The van der Waals surface area contributed by atoms with Crippen LogP contribution in [0.1, 0.15) is 5.56 Å². The Morgan fingerprint density at radius 1 is 1.45 bits per heavy atom. The maximum atomic E-state index is 11.8. The van der Waals surface area contributed by atoms with Crippen LogP contribution in [-0.2, 0) is 9.53 Å². The largest absolute Gasteiger partial charge is 0.504 e. The van der Waals surface area contributed by atoms with Crippen LogP contribution in [0, 0.1) is 0 Å². The van der Waals surface area contributed by atoms with Crippen molar-refractivity contribution in [1.82, 2.24) is 5.32 Å². The van der Waals surface area contributed by atoms with E-state index in [4.69, 9.17) is 15.2 Å². The van der Waals surface area contributed by atoms with Crippen LogP contribution in [0.2, 0.25) is 0 Å². The van der Waals surface area contributed by atoms with Gasteiger partial charge in [-0.2, -0.15) is 0 Å². The van der Waals surface area contributed by atoms with Crippen molar-refractivity contribution in [3.8, 4) is 11.5 Å². The molecule has 1 saturated heterocycles. The molecule has 20 heavy (non-hydrogen) atoms. The molecule has 0 spiro atoms. The van der Waals surface area contributed by atoms with Gasteiger partial charge in [0.2, 0.25) is 0 Å². The number of benzene rings is 1. The van der Waals surface area contributed by atoms with Crippen LogP contribution >= 0.6 is 0 Å². The second kappa shape index (κ2) is 5.00. The average molecular weight is 274 g/mol. The van der Waals surface area contributed by atoms with E-state index in [2.05, 4.69) is 18.5 Å². The zero-order valence-corrected chi connectivity index (χ0v) is 10.9. The number of esters is 1. The minimum Gasteiger partial charge on any atom is -0.504 e. The maximum absolute atomic E-state index is 11.8. The molecule has 0 bridgehead atoms. The minimum absolute atomic E-state index is 0.103. The first-order valence-corrected chi connectivity index (χ1v) is 5.68. The van der Waals surface area contributed by atoms with E-state index in [0.29, 0.717) is 16.9 Å².